The van der Waals surface area contributed by atoms with Gasteiger partial charge in [-0.3, -0.25) is 9.78 Å². The number of nitrogens with one attached hydrogen (secondary N) is 1. The van der Waals surface area contributed by atoms with Crippen molar-refractivity contribution in [1.29, 1.82) is 0 Å². The van der Waals surface area contributed by atoms with Crippen molar-refractivity contribution in [1.82, 2.24) is 15.3 Å². The van der Waals surface area contributed by atoms with E-state index in [4.69, 9.17) is 5.73 Å². The molecule has 1 saturated heterocycles. The third-order valence-corrected chi connectivity index (χ3v) is 2.26. The number of carbonyl (C=O) groups is 1. The number of aromatic nitrogens is 2. The van der Waals surface area contributed by atoms with Crippen molar-refractivity contribution < 1.29 is 4.79 Å². The second-order valence-corrected chi connectivity index (χ2v) is 3.34. The molecule has 2 heterocycles. The highest BCUT2D eigenvalue weighted by molar-refractivity contribution is 5.82. The standard InChI is InChI=1S/C9H13N5O/c10-3-7-4-13-8(5-12-7)14-2-1-11-9(15)6-14/h4-5H,1-3,6,10H2,(H,11,15). The van der Waals surface area contributed by atoms with E-state index in [9.17, 15) is 4.79 Å². The summed E-state index contributed by atoms with van der Waals surface area (Å²) in [5.74, 6) is 0.744. The lowest BCUT2D eigenvalue weighted by atomic mass is 10.3. The Kier molecular flexibility index (Phi) is 2.77. The minimum absolute atomic E-state index is 0.0194. The van der Waals surface area contributed by atoms with Crippen LogP contribution in [0, 0.1) is 0 Å². The molecule has 0 bridgehead atoms. The Labute approximate surface area is 87.5 Å². The van der Waals surface area contributed by atoms with E-state index in [1.807, 2.05) is 4.90 Å². The lowest BCUT2D eigenvalue weighted by Crippen LogP contribution is -2.48. The van der Waals surface area contributed by atoms with Gasteiger partial charge in [-0.2, -0.15) is 0 Å². The number of nitrogens with two attached hydrogens (primary N) is 1. The van der Waals surface area contributed by atoms with Crippen molar-refractivity contribution in [2.75, 3.05) is 24.5 Å². The molecule has 6 heteroatoms. The molecule has 1 aromatic heterocycles. The highest BCUT2D eigenvalue weighted by Crippen LogP contribution is 2.09. The van der Waals surface area contributed by atoms with Gasteiger partial charge in [0.1, 0.15) is 5.82 Å². The van der Waals surface area contributed by atoms with Crippen molar-refractivity contribution >= 4 is 11.7 Å². The summed E-state index contributed by atoms with van der Waals surface area (Å²) in [6.07, 6.45) is 3.29. The van der Waals surface area contributed by atoms with Crippen LogP contribution in [0.5, 0.6) is 0 Å². The van der Waals surface area contributed by atoms with Crippen LogP contribution in [0.1, 0.15) is 5.69 Å². The van der Waals surface area contributed by atoms with E-state index in [1.165, 1.54) is 0 Å². The van der Waals surface area contributed by atoms with Gasteiger partial charge in [-0.25, -0.2) is 4.98 Å². The van der Waals surface area contributed by atoms with Crippen LogP contribution in [0.4, 0.5) is 5.82 Å². The molecule has 1 amide bonds. The number of carbonyl (C=O) groups excluding carboxylic acids is 1. The number of amides is 1. The van der Waals surface area contributed by atoms with Crippen LogP contribution in [0.2, 0.25) is 0 Å². The monoisotopic (exact) mass is 207 g/mol. The summed E-state index contributed by atoms with van der Waals surface area (Å²) in [7, 11) is 0. The van der Waals surface area contributed by atoms with Gasteiger partial charge < -0.3 is 16.0 Å². The Morgan fingerprint density at radius 3 is 2.93 bits per heavy atom. The van der Waals surface area contributed by atoms with Gasteiger partial charge in [-0.15, -0.1) is 0 Å². The zero-order chi connectivity index (χ0) is 10.7. The first-order chi connectivity index (χ1) is 7.29. The molecule has 2 rings (SSSR count). The molecule has 0 aliphatic carbocycles. The van der Waals surface area contributed by atoms with Crippen molar-refractivity contribution in [3.8, 4) is 0 Å². The maximum absolute atomic E-state index is 11.1. The van der Waals surface area contributed by atoms with Crippen LogP contribution < -0.4 is 16.0 Å². The largest absolute Gasteiger partial charge is 0.353 e. The molecule has 0 atom stereocenters. The van der Waals surface area contributed by atoms with Crippen molar-refractivity contribution in [3.05, 3.63) is 18.1 Å². The fourth-order valence-electron chi connectivity index (χ4n) is 1.45. The molecular weight excluding hydrogens is 194 g/mol. The number of nitrogens with zero attached hydrogens (tertiary/aromatic N) is 3. The molecule has 0 radical (unpaired) electrons. The number of rotatable bonds is 2. The molecule has 1 aliphatic heterocycles. The van der Waals surface area contributed by atoms with E-state index >= 15 is 0 Å². The van der Waals surface area contributed by atoms with Gasteiger partial charge in [0, 0.05) is 19.6 Å². The van der Waals surface area contributed by atoms with Crippen LogP contribution in [-0.4, -0.2) is 35.5 Å². The highest BCUT2D eigenvalue weighted by Gasteiger charge is 2.17. The minimum atomic E-state index is 0.0194. The Morgan fingerprint density at radius 1 is 1.47 bits per heavy atom. The van der Waals surface area contributed by atoms with Crippen LogP contribution in [0.15, 0.2) is 12.4 Å². The van der Waals surface area contributed by atoms with Crippen molar-refractivity contribution in [3.63, 3.8) is 0 Å². The van der Waals surface area contributed by atoms with E-state index in [2.05, 4.69) is 15.3 Å². The zero-order valence-corrected chi connectivity index (χ0v) is 8.31. The lowest BCUT2D eigenvalue weighted by Gasteiger charge is -2.27. The number of anilines is 1. The fourth-order valence-corrected chi connectivity index (χ4v) is 1.45. The molecule has 80 valence electrons. The SMILES string of the molecule is NCc1cnc(N2CCNC(=O)C2)cn1. The predicted octanol–water partition coefficient (Wildman–Crippen LogP) is -1.13. The average Bonchev–Trinajstić information content (AvgIpc) is 2.29. The molecule has 0 unspecified atom stereocenters. The normalized spacial score (nSPS) is 16.3. The quantitative estimate of drug-likeness (QED) is 0.641. The second-order valence-electron chi connectivity index (χ2n) is 3.34. The maximum atomic E-state index is 11.1. The lowest BCUT2D eigenvalue weighted by molar-refractivity contribution is -0.120. The molecule has 1 aliphatic rings. The van der Waals surface area contributed by atoms with E-state index in [1.54, 1.807) is 12.4 Å². The number of hydrogen-bond donors (Lipinski definition) is 2. The first kappa shape index (κ1) is 9.85. The predicted molar refractivity (Wildman–Crippen MR) is 55.1 cm³/mol. The Hall–Kier alpha value is -1.69. The smallest absolute Gasteiger partial charge is 0.239 e. The van der Waals surface area contributed by atoms with E-state index in [0.29, 0.717) is 19.6 Å². The maximum Gasteiger partial charge on any atom is 0.239 e. The first-order valence-corrected chi connectivity index (χ1v) is 4.82. The van der Waals surface area contributed by atoms with Crippen LogP contribution in [0.3, 0.4) is 0 Å². The summed E-state index contributed by atoms with van der Waals surface area (Å²) < 4.78 is 0. The molecule has 3 N–H and O–H groups in total. The molecular formula is C9H13N5O. The van der Waals surface area contributed by atoms with Gasteiger partial charge in [0.05, 0.1) is 24.6 Å². The van der Waals surface area contributed by atoms with Gasteiger partial charge in [-0.05, 0) is 0 Å². The second kappa shape index (κ2) is 4.22. The van der Waals surface area contributed by atoms with Crippen molar-refractivity contribution in [2.45, 2.75) is 6.54 Å². The zero-order valence-electron chi connectivity index (χ0n) is 8.31. The minimum Gasteiger partial charge on any atom is -0.353 e. The van der Waals surface area contributed by atoms with Crippen LogP contribution >= 0.6 is 0 Å². The summed E-state index contributed by atoms with van der Waals surface area (Å²) >= 11 is 0. The highest BCUT2D eigenvalue weighted by atomic mass is 16.2. The Balaban J connectivity index is 2.11. The molecule has 0 aromatic carbocycles. The van der Waals surface area contributed by atoms with Gasteiger partial charge in [0.15, 0.2) is 0 Å². The van der Waals surface area contributed by atoms with Gasteiger partial charge in [-0.1, -0.05) is 0 Å². The van der Waals surface area contributed by atoms with E-state index in [0.717, 1.165) is 18.1 Å². The van der Waals surface area contributed by atoms with E-state index in [-0.39, 0.29) is 5.91 Å². The molecule has 1 aromatic rings. The van der Waals surface area contributed by atoms with Gasteiger partial charge in [0.2, 0.25) is 5.91 Å². The molecule has 6 nitrogen and oxygen atoms in total. The summed E-state index contributed by atoms with van der Waals surface area (Å²) in [6.45, 7) is 2.14. The summed E-state index contributed by atoms with van der Waals surface area (Å²) in [5.41, 5.74) is 6.17. The Bertz CT molecular complexity index is 350. The average molecular weight is 207 g/mol. The first-order valence-electron chi connectivity index (χ1n) is 4.82. The molecule has 15 heavy (non-hydrogen) atoms. The van der Waals surface area contributed by atoms with E-state index < -0.39 is 0 Å². The number of piperazine rings is 1. The third-order valence-electron chi connectivity index (χ3n) is 2.26. The summed E-state index contributed by atoms with van der Waals surface area (Å²) in [4.78, 5) is 21.4. The topological polar surface area (TPSA) is 84.1 Å². The fraction of sp³-hybridized carbons (Fsp3) is 0.444. The third kappa shape index (κ3) is 2.21. The van der Waals surface area contributed by atoms with Gasteiger partial charge >= 0.3 is 0 Å². The van der Waals surface area contributed by atoms with Crippen molar-refractivity contribution in [2.24, 2.45) is 5.73 Å². The molecule has 0 spiro atoms. The number of hydrogen-bond acceptors (Lipinski definition) is 5. The summed E-state index contributed by atoms with van der Waals surface area (Å²) in [5, 5.41) is 2.76. The van der Waals surface area contributed by atoms with Crippen LogP contribution in [0.25, 0.3) is 0 Å². The molecule has 0 saturated carbocycles. The Morgan fingerprint density at radius 2 is 2.33 bits per heavy atom. The van der Waals surface area contributed by atoms with Gasteiger partial charge in [0.25, 0.3) is 0 Å². The molecule has 1 fully saturated rings. The summed E-state index contributed by atoms with van der Waals surface area (Å²) in [6, 6.07) is 0. The van der Waals surface area contributed by atoms with Crippen LogP contribution in [-0.2, 0) is 11.3 Å².